The number of anilines is 1. The zero-order valence-corrected chi connectivity index (χ0v) is 16.2. The summed E-state index contributed by atoms with van der Waals surface area (Å²) in [6.45, 7) is -0.282. The van der Waals surface area contributed by atoms with Crippen molar-refractivity contribution in [3.05, 3.63) is 18.2 Å². The Morgan fingerprint density at radius 3 is 2.54 bits per heavy atom. The summed E-state index contributed by atoms with van der Waals surface area (Å²) in [4.78, 5) is 12.6. The Bertz CT molecular complexity index is 780. The number of hydrogen-bond donors (Lipinski definition) is 1. The van der Waals surface area contributed by atoms with Gasteiger partial charge >= 0.3 is 0 Å². The molecule has 26 heavy (non-hydrogen) atoms. The van der Waals surface area contributed by atoms with E-state index >= 15 is 0 Å². The molecule has 2 aliphatic rings. The van der Waals surface area contributed by atoms with Gasteiger partial charge in [0.15, 0.2) is 0 Å². The molecular formula is C18H26N2O5S. The van der Waals surface area contributed by atoms with Crippen molar-refractivity contribution in [2.45, 2.75) is 31.7 Å². The van der Waals surface area contributed by atoms with Crippen molar-refractivity contribution < 1.29 is 22.7 Å². The largest absolute Gasteiger partial charge is 0.497 e. The van der Waals surface area contributed by atoms with Crippen LogP contribution in [0.5, 0.6) is 11.5 Å². The number of carbonyl (C=O) groups excluding carboxylic acids is 1. The van der Waals surface area contributed by atoms with Gasteiger partial charge in [0.2, 0.25) is 15.9 Å². The minimum absolute atomic E-state index is 0.162. The van der Waals surface area contributed by atoms with E-state index in [0.29, 0.717) is 23.3 Å². The number of amides is 1. The van der Waals surface area contributed by atoms with Crippen LogP contribution < -0.4 is 19.1 Å². The molecule has 1 N–H and O–H groups in total. The van der Waals surface area contributed by atoms with Crippen LogP contribution in [0, 0.1) is 11.8 Å². The highest BCUT2D eigenvalue weighted by Gasteiger charge is 2.40. The van der Waals surface area contributed by atoms with Gasteiger partial charge in [-0.1, -0.05) is 6.42 Å². The Balaban J connectivity index is 1.80. The number of hydrogen-bond acceptors (Lipinski definition) is 5. The highest BCUT2D eigenvalue weighted by atomic mass is 32.2. The van der Waals surface area contributed by atoms with Crippen molar-refractivity contribution in [1.29, 1.82) is 0 Å². The lowest BCUT2D eigenvalue weighted by Crippen LogP contribution is -2.45. The summed E-state index contributed by atoms with van der Waals surface area (Å²) >= 11 is 0. The zero-order chi connectivity index (χ0) is 18.9. The molecular weight excluding hydrogens is 356 g/mol. The standard InChI is InChI=1S/C18H26N2O5S/c1-24-14-6-7-17(25-2)16(10-14)20(26(3,22)23)11-18(21)19-15-9-12-4-5-13(15)8-12/h6-7,10,12-13,15H,4-5,8-9,11H2,1-3H3,(H,19,21)/t12-,13+,15+/m1/s1. The Labute approximate surface area is 154 Å². The molecule has 1 amide bonds. The molecule has 3 atom stereocenters. The second-order valence-electron chi connectivity index (χ2n) is 7.16. The lowest BCUT2D eigenvalue weighted by Gasteiger charge is -2.27. The van der Waals surface area contributed by atoms with Crippen LogP contribution >= 0.6 is 0 Å². The highest BCUT2D eigenvalue weighted by Crippen LogP contribution is 2.44. The van der Waals surface area contributed by atoms with E-state index in [0.717, 1.165) is 23.4 Å². The van der Waals surface area contributed by atoms with Crippen molar-refractivity contribution in [3.63, 3.8) is 0 Å². The molecule has 3 rings (SSSR count). The van der Waals surface area contributed by atoms with Crippen LogP contribution in [0.15, 0.2) is 18.2 Å². The van der Waals surface area contributed by atoms with Crippen LogP contribution in [-0.4, -0.2) is 47.4 Å². The fraction of sp³-hybridized carbons (Fsp3) is 0.611. The highest BCUT2D eigenvalue weighted by molar-refractivity contribution is 7.92. The van der Waals surface area contributed by atoms with Crippen LogP contribution in [0.1, 0.15) is 25.7 Å². The lowest BCUT2D eigenvalue weighted by atomic mass is 9.95. The second kappa shape index (κ2) is 7.34. The molecule has 2 fully saturated rings. The van der Waals surface area contributed by atoms with E-state index in [1.54, 1.807) is 18.2 Å². The fourth-order valence-electron chi connectivity index (χ4n) is 4.18. The van der Waals surface area contributed by atoms with E-state index in [9.17, 15) is 13.2 Å². The van der Waals surface area contributed by atoms with Crippen molar-refractivity contribution in [3.8, 4) is 11.5 Å². The quantitative estimate of drug-likeness (QED) is 0.777. The first-order valence-electron chi connectivity index (χ1n) is 8.81. The van der Waals surface area contributed by atoms with Crippen molar-refractivity contribution >= 4 is 21.6 Å². The number of nitrogens with one attached hydrogen (secondary N) is 1. The lowest BCUT2D eigenvalue weighted by molar-refractivity contribution is -0.120. The molecule has 8 heteroatoms. The summed E-state index contributed by atoms with van der Waals surface area (Å²) < 4.78 is 36.2. The minimum Gasteiger partial charge on any atom is -0.497 e. The first-order chi connectivity index (χ1) is 12.3. The van der Waals surface area contributed by atoms with E-state index in [1.807, 2.05) is 0 Å². The fourth-order valence-corrected chi connectivity index (χ4v) is 5.03. The molecule has 0 aliphatic heterocycles. The predicted octanol–water partition coefficient (Wildman–Crippen LogP) is 1.77. The molecule has 0 spiro atoms. The molecule has 2 bridgehead atoms. The summed E-state index contributed by atoms with van der Waals surface area (Å²) in [5, 5.41) is 3.03. The maximum atomic E-state index is 12.6. The molecule has 1 aromatic carbocycles. The summed E-state index contributed by atoms with van der Waals surface area (Å²) in [5.74, 6) is 1.79. The number of rotatable bonds is 7. The SMILES string of the molecule is COc1ccc(OC)c(N(CC(=O)N[C@H]2C[C@@H]3CC[C@H]2C3)S(C)(=O)=O)c1. The summed E-state index contributed by atoms with van der Waals surface area (Å²) in [5.41, 5.74) is 0.289. The average Bonchev–Trinajstić information content (AvgIpc) is 3.21. The van der Waals surface area contributed by atoms with Crippen LogP contribution in [0.2, 0.25) is 0 Å². The number of methoxy groups -OCH3 is 2. The molecule has 7 nitrogen and oxygen atoms in total. The molecule has 144 valence electrons. The van der Waals surface area contributed by atoms with Gasteiger partial charge in [0.25, 0.3) is 0 Å². The van der Waals surface area contributed by atoms with Crippen molar-refractivity contribution in [2.24, 2.45) is 11.8 Å². The molecule has 0 aromatic heterocycles. The Morgan fingerprint density at radius 2 is 2.00 bits per heavy atom. The van der Waals surface area contributed by atoms with E-state index in [2.05, 4.69) is 5.32 Å². The Hall–Kier alpha value is -1.96. The number of benzene rings is 1. The maximum Gasteiger partial charge on any atom is 0.241 e. The first-order valence-corrected chi connectivity index (χ1v) is 10.7. The van der Waals surface area contributed by atoms with E-state index in [4.69, 9.17) is 9.47 Å². The van der Waals surface area contributed by atoms with Gasteiger partial charge in [0.1, 0.15) is 18.0 Å². The topological polar surface area (TPSA) is 84.9 Å². The smallest absolute Gasteiger partial charge is 0.241 e. The molecule has 0 heterocycles. The average molecular weight is 382 g/mol. The third-order valence-corrected chi connectivity index (χ3v) is 6.55. The number of carbonyl (C=O) groups is 1. The summed E-state index contributed by atoms with van der Waals surface area (Å²) in [7, 11) is -0.720. The molecule has 0 unspecified atom stereocenters. The third-order valence-electron chi connectivity index (χ3n) is 5.43. The second-order valence-corrected chi connectivity index (χ2v) is 9.06. The first kappa shape index (κ1) is 18.8. The molecule has 0 saturated heterocycles. The van der Waals surface area contributed by atoms with E-state index in [-0.39, 0.29) is 24.2 Å². The van der Waals surface area contributed by atoms with Gasteiger partial charge < -0.3 is 14.8 Å². The van der Waals surface area contributed by atoms with E-state index < -0.39 is 10.0 Å². The van der Waals surface area contributed by atoms with Gasteiger partial charge in [0.05, 0.1) is 26.2 Å². The van der Waals surface area contributed by atoms with Gasteiger partial charge in [-0.15, -0.1) is 0 Å². The van der Waals surface area contributed by atoms with Gasteiger partial charge in [-0.25, -0.2) is 8.42 Å². The van der Waals surface area contributed by atoms with E-state index in [1.165, 1.54) is 27.1 Å². The molecule has 1 aromatic rings. The molecule has 0 radical (unpaired) electrons. The van der Waals surface area contributed by atoms with Gasteiger partial charge in [-0.2, -0.15) is 0 Å². The number of sulfonamides is 1. The normalized spacial score (nSPS) is 24.3. The van der Waals surface area contributed by atoms with Gasteiger partial charge in [-0.05, 0) is 43.2 Å². The van der Waals surface area contributed by atoms with Crippen LogP contribution in [0.4, 0.5) is 5.69 Å². The van der Waals surface area contributed by atoms with Crippen LogP contribution in [0.25, 0.3) is 0 Å². The monoisotopic (exact) mass is 382 g/mol. The molecule has 2 aliphatic carbocycles. The van der Waals surface area contributed by atoms with Crippen LogP contribution in [0.3, 0.4) is 0 Å². The van der Waals surface area contributed by atoms with Gasteiger partial charge in [-0.3, -0.25) is 9.10 Å². The van der Waals surface area contributed by atoms with Gasteiger partial charge in [0, 0.05) is 12.1 Å². The maximum absolute atomic E-state index is 12.6. The van der Waals surface area contributed by atoms with Crippen molar-refractivity contribution in [2.75, 3.05) is 31.3 Å². The van der Waals surface area contributed by atoms with Crippen molar-refractivity contribution in [1.82, 2.24) is 5.32 Å². The van der Waals surface area contributed by atoms with Crippen LogP contribution in [-0.2, 0) is 14.8 Å². The number of nitrogens with zero attached hydrogens (tertiary/aromatic N) is 1. The predicted molar refractivity (Wildman–Crippen MR) is 99.1 cm³/mol. The molecule has 2 saturated carbocycles. The Morgan fingerprint density at radius 1 is 1.23 bits per heavy atom. The number of ether oxygens (including phenoxy) is 2. The number of fused-ring (bicyclic) bond motifs is 2. The Kier molecular flexibility index (Phi) is 5.32. The summed E-state index contributed by atoms with van der Waals surface area (Å²) in [6.07, 6.45) is 5.64. The summed E-state index contributed by atoms with van der Waals surface area (Å²) in [6, 6.07) is 5.03. The third kappa shape index (κ3) is 3.90. The minimum atomic E-state index is -3.68. The zero-order valence-electron chi connectivity index (χ0n) is 15.4.